The van der Waals surface area contributed by atoms with E-state index in [2.05, 4.69) is 13.8 Å². The molecule has 0 heterocycles. The quantitative estimate of drug-likeness (QED) is 0.426. The molecule has 2 fully saturated rings. The van der Waals surface area contributed by atoms with E-state index in [1.807, 2.05) is 0 Å². The maximum atomic E-state index is 2.51. The van der Waals surface area contributed by atoms with Gasteiger partial charge in [-0.2, -0.15) is 0 Å². The zero-order valence-corrected chi connectivity index (χ0v) is 15.7. The average molecular weight is 307 g/mol. The number of fused-ring (bicyclic) bond motifs is 1. The summed E-state index contributed by atoms with van der Waals surface area (Å²) >= 11 is 0. The third kappa shape index (κ3) is 7.05. The molecule has 22 heavy (non-hydrogen) atoms. The Morgan fingerprint density at radius 3 is 1.18 bits per heavy atom. The van der Waals surface area contributed by atoms with E-state index in [9.17, 15) is 0 Å². The Bertz CT molecular complexity index is 252. The van der Waals surface area contributed by atoms with Crippen molar-refractivity contribution >= 4 is 0 Å². The highest BCUT2D eigenvalue weighted by Gasteiger charge is 2.24. The summed E-state index contributed by atoms with van der Waals surface area (Å²) in [6.07, 6.45) is 25.7. The van der Waals surface area contributed by atoms with Gasteiger partial charge in [-0.3, -0.25) is 0 Å². The highest BCUT2D eigenvalue weighted by atomic mass is 14.3. The fraction of sp³-hybridized carbons (Fsp3) is 1.00. The topological polar surface area (TPSA) is 0 Å². The van der Waals surface area contributed by atoms with Gasteiger partial charge in [0, 0.05) is 0 Å². The van der Waals surface area contributed by atoms with E-state index >= 15 is 0 Å². The van der Waals surface area contributed by atoms with Crippen LogP contribution in [0.5, 0.6) is 0 Å². The normalized spacial score (nSPS) is 33.0. The van der Waals surface area contributed by atoms with Crippen molar-refractivity contribution < 1.29 is 0 Å². The second-order valence-corrected chi connectivity index (χ2v) is 9.23. The molecule has 0 aliphatic heterocycles. The summed E-state index contributed by atoms with van der Waals surface area (Å²) in [4.78, 5) is 0. The predicted octanol–water partition coefficient (Wildman–Crippen LogP) is 7.90. The van der Waals surface area contributed by atoms with Gasteiger partial charge in [0.25, 0.3) is 0 Å². The Balaban J connectivity index is 1.93. The van der Waals surface area contributed by atoms with Crippen LogP contribution in [-0.2, 0) is 0 Å². The average Bonchev–Trinajstić information content (AvgIpc) is 2.55. The lowest BCUT2D eigenvalue weighted by Gasteiger charge is -2.27. The fourth-order valence-corrected chi connectivity index (χ4v) is 5.07. The van der Waals surface area contributed by atoms with Crippen molar-refractivity contribution in [3.05, 3.63) is 0 Å². The Morgan fingerprint density at radius 1 is 0.455 bits per heavy atom. The molecule has 2 aliphatic rings. The van der Waals surface area contributed by atoms with Crippen LogP contribution in [-0.4, -0.2) is 0 Å². The van der Waals surface area contributed by atoms with E-state index in [0.29, 0.717) is 5.41 Å². The van der Waals surface area contributed by atoms with Crippen LogP contribution in [0.3, 0.4) is 0 Å². The summed E-state index contributed by atoms with van der Waals surface area (Å²) < 4.78 is 0. The zero-order valence-electron chi connectivity index (χ0n) is 15.7. The summed E-state index contributed by atoms with van der Waals surface area (Å²) in [6, 6.07) is 0. The van der Waals surface area contributed by atoms with E-state index in [-0.39, 0.29) is 0 Å². The van der Waals surface area contributed by atoms with E-state index in [4.69, 9.17) is 0 Å². The van der Waals surface area contributed by atoms with Crippen LogP contribution in [0.25, 0.3) is 0 Å². The Morgan fingerprint density at radius 2 is 0.773 bits per heavy atom. The Hall–Kier alpha value is 0. The van der Waals surface area contributed by atoms with Crippen molar-refractivity contribution in [3.63, 3.8) is 0 Å². The first-order valence-corrected chi connectivity index (χ1v) is 10.7. The van der Waals surface area contributed by atoms with Crippen LogP contribution in [0.1, 0.15) is 123 Å². The molecule has 2 saturated carbocycles. The van der Waals surface area contributed by atoms with Gasteiger partial charge in [-0.15, -0.1) is 0 Å². The monoisotopic (exact) mass is 306 g/mol. The zero-order chi connectivity index (χ0) is 15.7. The first-order chi connectivity index (χ1) is 10.7. The number of rotatable bonds is 0. The highest BCUT2D eigenvalue weighted by Crippen LogP contribution is 2.37. The van der Waals surface area contributed by atoms with Crippen molar-refractivity contribution in [3.8, 4) is 0 Å². The molecule has 130 valence electrons. The summed E-state index contributed by atoms with van der Waals surface area (Å²) in [5, 5.41) is 0. The molecule has 0 amide bonds. The van der Waals surface area contributed by atoms with Gasteiger partial charge in [0.05, 0.1) is 0 Å². The molecule has 0 heteroatoms. The first kappa shape index (κ1) is 18.3. The molecule has 0 nitrogen and oxygen atoms in total. The predicted molar refractivity (Wildman–Crippen MR) is 99.3 cm³/mol. The van der Waals surface area contributed by atoms with Crippen LogP contribution in [0.4, 0.5) is 0 Å². The van der Waals surface area contributed by atoms with Crippen LogP contribution < -0.4 is 0 Å². The van der Waals surface area contributed by atoms with Crippen molar-refractivity contribution in [2.24, 2.45) is 17.3 Å². The minimum atomic E-state index is 0.607. The lowest BCUT2D eigenvalue weighted by molar-refractivity contribution is 0.242. The summed E-state index contributed by atoms with van der Waals surface area (Å²) in [5.74, 6) is 2.14. The lowest BCUT2D eigenvalue weighted by Crippen LogP contribution is -2.15. The lowest BCUT2D eigenvalue weighted by atomic mass is 9.78. The molecule has 0 bridgehead atoms. The van der Waals surface area contributed by atoms with E-state index in [1.165, 1.54) is 83.5 Å². The van der Waals surface area contributed by atoms with Crippen molar-refractivity contribution in [2.45, 2.75) is 123 Å². The van der Waals surface area contributed by atoms with Crippen molar-refractivity contribution in [1.29, 1.82) is 0 Å². The standard InChI is InChI=1S/C22H42/c1-22(2)18-12-10-16-20-14-8-6-4-3-5-7-9-15-21(20)17-11-13-19-22/h20-21H,3-19H2,1-2H3. The van der Waals surface area contributed by atoms with Gasteiger partial charge in [-0.05, 0) is 30.1 Å². The van der Waals surface area contributed by atoms with Crippen LogP contribution in [0.2, 0.25) is 0 Å². The molecule has 2 rings (SSSR count). The molecule has 0 saturated heterocycles. The van der Waals surface area contributed by atoms with Crippen molar-refractivity contribution in [2.75, 3.05) is 0 Å². The van der Waals surface area contributed by atoms with Gasteiger partial charge in [-0.25, -0.2) is 0 Å². The minimum absolute atomic E-state index is 0.607. The maximum absolute atomic E-state index is 2.51. The first-order valence-electron chi connectivity index (χ1n) is 10.7. The van der Waals surface area contributed by atoms with E-state index in [1.54, 1.807) is 25.7 Å². The van der Waals surface area contributed by atoms with Gasteiger partial charge >= 0.3 is 0 Å². The van der Waals surface area contributed by atoms with E-state index < -0.39 is 0 Å². The molecule has 0 aromatic rings. The van der Waals surface area contributed by atoms with Gasteiger partial charge in [0.2, 0.25) is 0 Å². The highest BCUT2D eigenvalue weighted by molar-refractivity contribution is 4.76. The molecule has 0 N–H and O–H groups in total. The number of hydrogen-bond acceptors (Lipinski definition) is 0. The third-order valence-electron chi connectivity index (χ3n) is 6.67. The van der Waals surface area contributed by atoms with Crippen LogP contribution in [0, 0.1) is 17.3 Å². The third-order valence-corrected chi connectivity index (χ3v) is 6.67. The molecule has 0 aromatic carbocycles. The minimum Gasteiger partial charge on any atom is -0.0599 e. The van der Waals surface area contributed by atoms with Crippen LogP contribution in [0.15, 0.2) is 0 Å². The maximum Gasteiger partial charge on any atom is -0.0354 e. The van der Waals surface area contributed by atoms with E-state index in [0.717, 1.165) is 11.8 Å². The van der Waals surface area contributed by atoms with Gasteiger partial charge in [-0.1, -0.05) is 110 Å². The molecule has 0 spiro atoms. The molecule has 2 aliphatic carbocycles. The van der Waals surface area contributed by atoms with Crippen molar-refractivity contribution in [1.82, 2.24) is 0 Å². The summed E-state index contributed by atoms with van der Waals surface area (Å²) in [7, 11) is 0. The molecule has 0 aromatic heterocycles. The largest absolute Gasteiger partial charge is 0.0599 e. The summed E-state index contributed by atoms with van der Waals surface area (Å²) in [6.45, 7) is 5.01. The Labute approximate surface area is 140 Å². The van der Waals surface area contributed by atoms with Gasteiger partial charge < -0.3 is 0 Å². The Kier molecular flexibility index (Phi) is 8.33. The molecule has 0 radical (unpaired) electrons. The van der Waals surface area contributed by atoms with Gasteiger partial charge in [0.1, 0.15) is 0 Å². The van der Waals surface area contributed by atoms with Gasteiger partial charge in [0.15, 0.2) is 0 Å². The molecule has 2 atom stereocenters. The summed E-state index contributed by atoms with van der Waals surface area (Å²) in [5.41, 5.74) is 0.607. The van der Waals surface area contributed by atoms with Crippen LogP contribution >= 0.6 is 0 Å². The fourth-order valence-electron chi connectivity index (χ4n) is 5.07. The second-order valence-electron chi connectivity index (χ2n) is 9.23. The molecular formula is C22H42. The molecule has 2 unspecified atom stereocenters. The smallest absolute Gasteiger partial charge is 0.0354 e. The number of hydrogen-bond donors (Lipinski definition) is 0. The SMILES string of the molecule is CC1(C)CCCCC2CCCCCCCCCC2CCCC1. The molecular weight excluding hydrogens is 264 g/mol. The second kappa shape index (κ2) is 9.99.